The molecular formula is C12H18F3N3O4S. The standard InChI is InChI=1S/C12H18F3N3O4S/c1-17(8-12(13,14)15)5-3-4-16-23(21,22)9-6-10(11(19)20)18(2)7-9/h6-7,16H,3-5,8H2,1-2H3,(H,19,20). The second-order valence-corrected chi connectivity index (χ2v) is 6.85. The van der Waals surface area contributed by atoms with E-state index in [1.165, 1.54) is 14.1 Å². The molecule has 0 amide bonds. The quantitative estimate of drug-likeness (QED) is 0.674. The highest BCUT2D eigenvalue weighted by molar-refractivity contribution is 7.89. The highest BCUT2D eigenvalue weighted by Crippen LogP contribution is 2.16. The molecular weight excluding hydrogens is 339 g/mol. The van der Waals surface area contributed by atoms with Crippen LogP contribution in [-0.4, -0.2) is 61.8 Å². The molecule has 0 aliphatic carbocycles. The molecule has 0 radical (unpaired) electrons. The van der Waals surface area contributed by atoms with Gasteiger partial charge in [-0.1, -0.05) is 0 Å². The number of sulfonamides is 1. The zero-order chi connectivity index (χ0) is 17.8. The van der Waals surface area contributed by atoms with Gasteiger partial charge in [0.05, 0.1) is 6.54 Å². The number of nitrogens with one attached hydrogen (secondary N) is 1. The van der Waals surface area contributed by atoms with Crippen molar-refractivity contribution in [3.05, 3.63) is 18.0 Å². The number of rotatable bonds is 8. The highest BCUT2D eigenvalue weighted by Gasteiger charge is 2.28. The number of aromatic nitrogens is 1. The van der Waals surface area contributed by atoms with Crippen molar-refractivity contribution >= 4 is 16.0 Å². The predicted molar refractivity (Wildman–Crippen MR) is 75.7 cm³/mol. The van der Waals surface area contributed by atoms with Gasteiger partial charge < -0.3 is 9.67 Å². The SMILES string of the molecule is CN(CCCNS(=O)(=O)c1cc(C(=O)O)n(C)c1)CC(F)(F)F. The third-order valence-electron chi connectivity index (χ3n) is 2.97. The Hall–Kier alpha value is -1.59. The number of carbonyl (C=O) groups is 1. The van der Waals surface area contributed by atoms with Crippen molar-refractivity contribution in [1.82, 2.24) is 14.2 Å². The lowest BCUT2D eigenvalue weighted by Crippen LogP contribution is -2.33. The van der Waals surface area contributed by atoms with Crippen LogP contribution in [0.4, 0.5) is 13.2 Å². The van der Waals surface area contributed by atoms with Gasteiger partial charge in [-0.15, -0.1) is 0 Å². The van der Waals surface area contributed by atoms with Gasteiger partial charge in [0.15, 0.2) is 0 Å². The lowest BCUT2D eigenvalue weighted by atomic mass is 10.4. The first-order chi connectivity index (χ1) is 10.4. The van der Waals surface area contributed by atoms with E-state index >= 15 is 0 Å². The van der Waals surface area contributed by atoms with Crippen LogP contribution >= 0.6 is 0 Å². The summed E-state index contributed by atoms with van der Waals surface area (Å²) < 4.78 is 63.7. The summed E-state index contributed by atoms with van der Waals surface area (Å²) in [5.41, 5.74) is -0.185. The van der Waals surface area contributed by atoms with E-state index in [-0.39, 0.29) is 30.1 Å². The zero-order valence-electron chi connectivity index (χ0n) is 12.6. The summed E-state index contributed by atoms with van der Waals surface area (Å²) in [7, 11) is -1.22. The van der Waals surface area contributed by atoms with E-state index in [2.05, 4.69) is 4.72 Å². The van der Waals surface area contributed by atoms with E-state index in [9.17, 15) is 26.4 Å². The number of halogens is 3. The second-order valence-electron chi connectivity index (χ2n) is 5.08. The summed E-state index contributed by atoms with van der Waals surface area (Å²) in [6, 6.07) is 1.01. The molecule has 0 bridgehead atoms. The van der Waals surface area contributed by atoms with Gasteiger partial charge in [-0.05, 0) is 26.1 Å². The van der Waals surface area contributed by atoms with Crippen LogP contribution < -0.4 is 4.72 Å². The molecule has 1 aromatic rings. The third kappa shape index (κ3) is 6.20. The molecule has 23 heavy (non-hydrogen) atoms. The summed E-state index contributed by atoms with van der Waals surface area (Å²) in [5, 5.41) is 8.88. The Morgan fingerprint density at radius 1 is 1.43 bits per heavy atom. The zero-order valence-corrected chi connectivity index (χ0v) is 13.4. The van der Waals surface area contributed by atoms with Crippen LogP contribution in [0.1, 0.15) is 16.9 Å². The van der Waals surface area contributed by atoms with Gasteiger partial charge in [-0.2, -0.15) is 13.2 Å². The summed E-state index contributed by atoms with van der Waals surface area (Å²) in [4.78, 5) is 11.7. The lowest BCUT2D eigenvalue weighted by molar-refractivity contribution is -0.143. The molecule has 0 aliphatic heterocycles. The molecule has 7 nitrogen and oxygen atoms in total. The predicted octanol–water partition coefficient (Wildman–Crippen LogP) is 0.886. The molecule has 0 atom stereocenters. The molecule has 1 aromatic heterocycles. The van der Waals surface area contributed by atoms with Gasteiger partial charge in [0.1, 0.15) is 10.6 Å². The van der Waals surface area contributed by atoms with Gasteiger partial charge in [0.25, 0.3) is 0 Å². The Kier molecular flexibility index (Phi) is 6.19. The number of hydrogen-bond donors (Lipinski definition) is 2. The van der Waals surface area contributed by atoms with E-state index in [4.69, 9.17) is 5.11 Å². The molecule has 1 rings (SSSR count). The first-order valence-electron chi connectivity index (χ1n) is 6.57. The van der Waals surface area contributed by atoms with Crippen molar-refractivity contribution in [2.24, 2.45) is 7.05 Å². The van der Waals surface area contributed by atoms with Crippen LogP contribution in [0.5, 0.6) is 0 Å². The summed E-state index contributed by atoms with van der Waals surface area (Å²) in [6.45, 7) is -1.06. The van der Waals surface area contributed by atoms with Crippen molar-refractivity contribution in [3.8, 4) is 0 Å². The molecule has 1 heterocycles. The Morgan fingerprint density at radius 2 is 2.04 bits per heavy atom. The Labute approximate surface area is 131 Å². The third-order valence-corrected chi connectivity index (χ3v) is 4.40. The minimum absolute atomic E-state index is 0.0537. The Bertz CT molecular complexity index is 655. The molecule has 0 unspecified atom stereocenters. The van der Waals surface area contributed by atoms with Crippen molar-refractivity contribution < 1.29 is 31.5 Å². The Morgan fingerprint density at radius 3 is 2.52 bits per heavy atom. The fourth-order valence-electron chi connectivity index (χ4n) is 1.92. The number of aryl methyl sites for hydroxylation is 1. The van der Waals surface area contributed by atoms with Crippen LogP contribution in [0.3, 0.4) is 0 Å². The maximum absolute atomic E-state index is 12.1. The van der Waals surface area contributed by atoms with Gasteiger partial charge in [0, 0.05) is 19.8 Å². The summed E-state index contributed by atoms with van der Waals surface area (Å²) in [6.07, 6.45) is -2.96. The molecule has 132 valence electrons. The number of carboxylic acids is 1. The van der Waals surface area contributed by atoms with Crippen LogP contribution in [0.2, 0.25) is 0 Å². The molecule has 0 aromatic carbocycles. The second kappa shape index (κ2) is 7.32. The number of aromatic carboxylic acids is 1. The van der Waals surface area contributed by atoms with Crippen molar-refractivity contribution in [3.63, 3.8) is 0 Å². The minimum atomic E-state index is -4.30. The largest absolute Gasteiger partial charge is 0.477 e. The molecule has 11 heteroatoms. The summed E-state index contributed by atoms with van der Waals surface area (Å²) in [5.74, 6) is -1.26. The highest BCUT2D eigenvalue weighted by atomic mass is 32.2. The van der Waals surface area contributed by atoms with E-state index in [0.717, 1.165) is 21.7 Å². The van der Waals surface area contributed by atoms with Gasteiger partial charge in [-0.3, -0.25) is 4.90 Å². The first-order valence-corrected chi connectivity index (χ1v) is 8.05. The van der Waals surface area contributed by atoms with Gasteiger partial charge in [-0.25, -0.2) is 17.9 Å². The monoisotopic (exact) mass is 357 g/mol. The fourth-order valence-corrected chi connectivity index (χ4v) is 3.06. The first kappa shape index (κ1) is 19.5. The minimum Gasteiger partial charge on any atom is -0.477 e. The van der Waals surface area contributed by atoms with Gasteiger partial charge in [0.2, 0.25) is 10.0 Å². The maximum Gasteiger partial charge on any atom is 0.401 e. The maximum atomic E-state index is 12.1. The fraction of sp³-hybridized carbons (Fsp3) is 0.583. The normalized spacial score (nSPS) is 12.8. The average Bonchev–Trinajstić information content (AvgIpc) is 2.75. The van der Waals surface area contributed by atoms with Crippen LogP contribution in [-0.2, 0) is 17.1 Å². The van der Waals surface area contributed by atoms with Gasteiger partial charge >= 0.3 is 12.1 Å². The van der Waals surface area contributed by atoms with Crippen LogP contribution in [0.25, 0.3) is 0 Å². The molecule has 2 N–H and O–H groups in total. The van der Waals surface area contributed by atoms with Crippen molar-refractivity contribution in [2.45, 2.75) is 17.5 Å². The molecule has 0 saturated carbocycles. The molecule has 0 fully saturated rings. The molecule has 0 saturated heterocycles. The van der Waals surface area contributed by atoms with E-state index < -0.39 is 28.7 Å². The number of nitrogens with zero attached hydrogens (tertiary/aromatic N) is 2. The van der Waals surface area contributed by atoms with Crippen LogP contribution in [0.15, 0.2) is 17.2 Å². The smallest absolute Gasteiger partial charge is 0.401 e. The topological polar surface area (TPSA) is 91.6 Å². The Balaban J connectivity index is 2.54. The van der Waals surface area contributed by atoms with Crippen molar-refractivity contribution in [1.29, 1.82) is 0 Å². The van der Waals surface area contributed by atoms with Crippen LogP contribution in [0, 0.1) is 0 Å². The number of hydrogen-bond acceptors (Lipinski definition) is 4. The van der Waals surface area contributed by atoms with E-state index in [1.807, 2.05) is 0 Å². The van der Waals surface area contributed by atoms with Crippen molar-refractivity contribution in [2.75, 3.05) is 26.7 Å². The van der Waals surface area contributed by atoms with E-state index in [1.54, 1.807) is 0 Å². The average molecular weight is 357 g/mol. The lowest BCUT2D eigenvalue weighted by Gasteiger charge is -2.18. The number of alkyl halides is 3. The molecule has 0 aliphatic rings. The summed E-state index contributed by atoms with van der Waals surface area (Å²) >= 11 is 0. The molecule has 0 spiro atoms. The number of carboxylic acid groups (broad SMARTS) is 1. The van der Waals surface area contributed by atoms with E-state index in [0.29, 0.717) is 0 Å².